The van der Waals surface area contributed by atoms with Gasteiger partial charge in [0.2, 0.25) is 5.91 Å². The number of H-pyrrole nitrogens is 1. The van der Waals surface area contributed by atoms with E-state index in [2.05, 4.69) is 20.8 Å². The summed E-state index contributed by atoms with van der Waals surface area (Å²) in [7, 11) is 0. The van der Waals surface area contributed by atoms with Gasteiger partial charge in [-0.25, -0.2) is 0 Å². The van der Waals surface area contributed by atoms with Crippen LogP contribution in [0.2, 0.25) is 0 Å². The highest BCUT2D eigenvalue weighted by Crippen LogP contribution is 2.12. The molecule has 0 saturated heterocycles. The molecule has 3 rings (SSSR count). The second-order valence-corrected chi connectivity index (χ2v) is 5.56. The third-order valence-corrected chi connectivity index (χ3v) is 3.65. The summed E-state index contributed by atoms with van der Waals surface area (Å²) >= 11 is 0. The van der Waals surface area contributed by atoms with Gasteiger partial charge in [0.15, 0.2) is 0 Å². The number of nitrogens with one attached hydrogen (secondary N) is 3. The Bertz CT molecular complexity index is 902. The topological polar surface area (TPSA) is 86.9 Å². The lowest BCUT2D eigenvalue weighted by molar-refractivity contribution is -0.111. The maximum atomic E-state index is 12.3. The van der Waals surface area contributed by atoms with Gasteiger partial charge in [0.05, 0.1) is 11.9 Å². The molecule has 26 heavy (non-hydrogen) atoms. The smallest absolute Gasteiger partial charge is 0.271 e. The summed E-state index contributed by atoms with van der Waals surface area (Å²) in [6.07, 6.45) is 4.52. The van der Waals surface area contributed by atoms with Crippen molar-refractivity contribution in [2.45, 2.75) is 6.54 Å². The Morgan fingerprint density at radius 2 is 1.69 bits per heavy atom. The highest BCUT2D eigenvalue weighted by atomic mass is 16.2. The molecule has 0 atom stereocenters. The van der Waals surface area contributed by atoms with Crippen molar-refractivity contribution in [3.63, 3.8) is 0 Å². The normalized spacial score (nSPS) is 10.6. The van der Waals surface area contributed by atoms with E-state index in [1.165, 1.54) is 12.3 Å². The Labute approximate surface area is 151 Å². The van der Waals surface area contributed by atoms with Gasteiger partial charge in [-0.3, -0.25) is 14.7 Å². The van der Waals surface area contributed by atoms with Crippen LogP contribution >= 0.6 is 0 Å². The average molecular weight is 346 g/mol. The minimum atomic E-state index is -0.340. The monoisotopic (exact) mass is 346 g/mol. The molecule has 130 valence electrons. The number of aromatic nitrogens is 2. The summed E-state index contributed by atoms with van der Waals surface area (Å²) in [5.41, 5.74) is 2.44. The first kappa shape index (κ1) is 17.2. The van der Waals surface area contributed by atoms with Crippen LogP contribution in [-0.4, -0.2) is 22.0 Å². The van der Waals surface area contributed by atoms with Crippen molar-refractivity contribution in [3.8, 4) is 0 Å². The molecular formula is C20H18N4O2. The molecule has 6 heteroatoms. The van der Waals surface area contributed by atoms with E-state index in [1.54, 1.807) is 6.08 Å². The summed E-state index contributed by atoms with van der Waals surface area (Å²) in [6.45, 7) is 0.389. The van der Waals surface area contributed by atoms with Crippen LogP contribution in [-0.2, 0) is 11.3 Å². The zero-order valence-corrected chi connectivity index (χ0v) is 14.0. The first-order valence-electron chi connectivity index (χ1n) is 8.12. The maximum Gasteiger partial charge on any atom is 0.271 e. The van der Waals surface area contributed by atoms with Crippen molar-refractivity contribution >= 4 is 23.6 Å². The second kappa shape index (κ2) is 8.43. The number of aromatic amines is 1. The van der Waals surface area contributed by atoms with Crippen molar-refractivity contribution in [1.29, 1.82) is 0 Å². The number of hydrogen-bond donors (Lipinski definition) is 3. The SMILES string of the molecule is O=C(C=Cc1ccccc1)Nc1cn[nH]c1C(=O)NCc1ccccc1. The molecule has 0 aliphatic heterocycles. The van der Waals surface area contributed by atoms with E-state index in [4.69, 9.17) is 0 Å². The molecule has 0 aliphatic rings. The lowest BCUT2D eigenvalue weighted by Crippen LogP contribution is -2.24. The summed E-state index contributed by atoms with van der Waals surface area (Å²) in [4.78, 5) is 24.4. The molecule has 1 heterocycles. The fraction of sp³-hybridized carbons (Fsp3) is 0.0500. The fourth-order valence-corrected chi connectivity index (χ4v) is 2.33. The molecule has 3 N–H and O–H groups in total. The van der Waals surface area contributed by atoms with Crippen LogP contribution in [0.3, 0.4) is 0 Å². The number of rotatable bonds is 6. The molecule has 6 nitrogen and oxygen atoms in total. The van der Waals surface area contributed by atoms with Crippen LogP contribution in [0, 0.1) is 0 Å². The van der Waals surface area contributed by atoms with Crippen LogP contribution in [0.1, 0.15) is 21.6 Å². The van der Waals surface area contributed by atoms with Gasteiger partial charge < -0.3 is 10.6 Å². The predicted molar refractivity (Wildman–Crippen MR) is 100 cm³/mol. The Morgan fingerprint density at radius 1 is 1.00 bits per heavy atom. The van der Waals surface area contributed by atoms with Gasteiger partial charge in [-0.05, 0) is 17.2 Å². The van der Waals surface area contributed by atoms with Gasteiger partial charge in [-0.1, -0.05) is 60.7 Å². The van der Waals surface area contributed by atoms with Gasteiger partial charge in [0, 0.05) is 12.6 Å². The molecule has 0 radical (unpaired) electrons. The minimum Gasteiger partial charge on any atom is -0.347 e. The number of hydrogen-bond acceptors (Lipinski definition) is 3. The van der Waals surface area contributed by atoms with Crippen LogP contribution < -0.4 is 10.6 Å². The molecule has 0 aliphatic carbocycles. The summed E-state index contributed by atoms with van der Waals surface area (Å²) in [5.74, 6) is -0.680. The summed E-state index contributed by atoms with van der Waals surface area (Å²) in [5, 5.41) is 11.9. The van der Waals surface area contributed by atoms with E-state index in [-0.39, 0.29) is 17.5 Å². The maximum absolute atomic E-state index is 12.3. The molecule has 0 saturated carbocycles. The highest BCUT2D eigenvalue weighted by molar-refractivity contribution is 6.06. The lowest BCUT2D eigenvalue weighted by Gasteiger charge is -2.06. The second-order valence-electron chi connectivity index (χ2n) is 5.56. The molecule has 1 aromatic heterocycles. The average Bonchev–Trinajstić information content (AvgIpc) is 3.14. The first-order valence-corrected chi connectivity index (χ1v) is 8.12. The van der Waals surface area contributed by atoms with Crippen LogP contribution in [0.15, 0.2) is 72.9 Å². The molecule has 0 unspecified atom stereocenters. The van der Waals surface area contributed by atoms with E-state index in [1.807, 2.05) is 60.7 Å². The number of benzene rings is 2. The van der Waals surface area contributed by atoms with Crippen LogP contribution in [0.25, 0.3) is 6.08 Å². The third-order valence-electron chi connectivity index (χ3n) is 3.65. The first-order chi connectivity index (χ1) is 12.7. The van der Waals surface area contributed by atoms with Crippen LogP contribution in [0.5, 0.6) is 0 Å². The molecule has 3 aromatic rings. The van der Waals surface area contributed by atoms with Crippen molar-refractivity contribution in [2.75, 3.05) is 5.32 Å². The molecule has 0 fully saturated rings. The lowest BCUT2D eigenvalue weighted by atomic mass is 10.2. The molecular weight excluding hydrogens is 328 g/mol. The number of carbonyl (C=O) groups is 2. The van der Waals surface area contributed by atoms with Crippen molar-refractivity contribution in [3.05, 3.63) is 89.8 Å². The summed E-state index contributed by atoms with van der Waals surface area (Å²) < 4.78 is 0. The number of anilines is 1. The van der Waals surface area contributed by atoms with Gasteiger partial charge in [-0.2, -0.15) is 5.10 Å². The van der Waals surface area contributed by atoms with E-state index in [0.29, 0.717) is 12.2 Å². The van der Waals surface area contributed by atoms with Crippen molar-refractivity contribution in [1.82, 2.24) is 15.5 Å². The van der Waals surface area contributed by atoms with E-state index >= 15 is 0 Å². The standard InChI is InChI=1S/C20H18N4O2/c25-18(12-11-15-7-3-1-4-8-15)23-17-14-22-24-19(17)20(26)21-13-16-9-5-2-6-10-16/h1-12,14H,13H2,(H,21,26)(H,22,24)(H,23,25). The number of carbonyl (C=O) groups excluding carboxylic acids is 2. The Hall–Kier alpha value is -3.67. The van der Waals surface area contributed by atoms with Crippen molar-refractivity contribution in [2.24, 2.45) is 0 Å². The Balaban J connectivity index is 1.60. The highest BCUT2D eigenvalue weighted by Gasteiger charge is 2.14. The zero-order chi connectivity index (χ0) is 18.2. The fourth-order valence-electron chi connectivity index (χ4n) is 2.33. The molecule has 0 bridgehead atoms. The van der Waals surface area contributed by atoms with Crippen LogP contribution in [0.4, 0.5) is 5.69 Å². The molecule has 2 amide bonds. The van der Waals surface area contributed by atoms with Gasteiger partial charge >= 0.3 is 0 Å². The molecule has 2 aromatic carbocycles. The predicted octanol–water partition coefficient (Wildman–Crippen LogP) is 2.99. The van der Waals surface area contributed by atoms with Gasteiger partial charge in [0.1, 0.15) is 5.69 Å². The van der Waals surface area contributed by atoms with E-state index in [0.717, 1.165) is 11.1 Å². The van der Waals surface area contributed by atoms with E-state index in [9.17, 15) is 9.59 Å². The minimum absolute atomic E-state index is 0.211. The van der Waals surface area contributed by atoms with E-state index < -0.39 is 0 Å². The van der Waals surface area contributed by atoms with Gasteiger partial charge in [-0.15, -0.1) is 0 Å². The van der Waals surface area contributed by atoms with Crippen molar-refractivity contribution < 1.29 is 9.59 Å². The molecule has 0 spiro atoms. The third kappa shape index (κ3) is 4.67. The summed E-state index contributed by atoms with van der Waals surface area (Å²) in [6, 6.07) is 19.0. The largest absolute Gasteiger partial charge is 0.347 e. The quantitative estimate of drug-likeness (QED) is 0.600. The van der Waals surface area contributed by atoms with Gasteiger partial charge in [0.25, 0.3) is 5.91 Å². The number of amides is 2. The number of nitrogens with zero attached hydrogens (tertiary/aromatic N) is 1. The zero-order valence-electron chi connectivity index (χ0n) is 14.0. The Kier molecular flexibility index (Phi) is 5.57. The Morgan fingerprint density at radius 3 is 2.42 bits per heavy atom.